The zero-order chi connectivity index (χ0) is 22.4. The first kappa shape index (κ1) is 23.0. The summed E-state index contributed by atoms with van der Waals surface area (Å²) >= 11 is 9.83. The van der Waals surface area contributed by atoms with Crippen molar-refractivity contribution in [2.75, 3.05) is 11.9 Å². The molecule has 31 heavy (non-hydrogen) atoms. The van der Waals surface area contributed by atoms with Gasteiger partial charge in [-0.05, 0) is 55.3 Å². The smallest absolute Gasteiger partial charge is 0.335 e. The zero-order valence-corrected chi connectivity index (χ0v) is 19.6. The molecule has 162 valence electrons. The number of carboxylic acid groups (broad SMARTS) is 1. The van der Waals surface area contributed by atoms with Crippen LogP contribution < -0.4 is 14.8 Å². The SMILES string of the molecule is CCOc1cc(CNc2cc(C(=O)O)ccc2C)c(Br)cc1OCc1ccccc1Cl. The molecule has 0 unspecified atom stereocenters. The maximum atomic E-state index is 11.3. The zero-order valence-electron chi connectivity index (χ0n) is 17.2. The van der Waals surface area contributed by atoms with E-state index in [1.165, 1.54) is 0 Å². The van der Waals surface area contributed by atoms with Gasteiger partial charge in [-0.25, -0.2) is 4.79 Å². The molecular weight excluding hydrogens is 482 g/mol. The Bertz CT molecular complexity index is 1090. The number of hydrogen-bond donors (Lipinski definition) is 2. The second kappa shape index (κ2) is 10.6. The monoisotopic (exact) mass is 503 g/mol. The summed E-state index contributed by atoms with van der Waals surface area (Å²) in [6.45, 7) is 5.15. The minimum atomic E-state index is -0.956. The van der Waals surface area contributed by atoms with E-state index in [-0.39, 0.29) is 5.56 Å². The number of ether oxygens (including phenoxy) is 2. The van der Waals surface area contributed by atoms with Crippen molar-refractivity contribution in [1.82, 2.24) is 0 Å². The minimum Gasteiger partial charge on any atom is -0.490 e. The highest BCUT2D eigenvalue weighted by Crippen LogP contribution is 2.35. The lowest BCUT2D eigenvalue weighted by Crippen LogP contribution is -2.06. The van der Waals surface area contributed by atoms with Crippen LogP contribution in [0.4, 0.5) is 5.69 Å². The minimum absolute atomic E-state index is 0.241. The van der Waals surface area contributed by atoms with Crippen LogP contribution in [0.1, 0.15) is 34.0 Å². The van der Waals surface area contributed by atoms with E-state index < -0.39 is 5.97 Å². The van der Waals surface area contributed by atoms with Crippen LogP contribution in [-0.4, -0.2) is 17.7 Å². The quantitative estimate of drug-likeness (QED) is 0.339. The molecule has 0 spiro atoms. The van der Waals surface area contributed by atoms with Gasteiger partial charge in [-0.15, -0.1) is 0 Å². The lowest BCUT2D eigenvalue weighted by Gasteiger charge is -2.17. The summed E-state index contributed by atoms with van der Waals surface area (Å²) in [6.07, 6.45) is 0. The normalized spacial score (nSPS) is 10.6. The van der Waals surface area contributed by atoms with Gasteiger partial charge in [-0.2, -0.15) is 0 Å². The topological polar surface area (TPSA) is 67.8 Å². The standard InChI is InChI=1S/C24H23BrClNO4/c1-3-30-22-11-18(13-27-21-10-16(24(28)29)9-8-15(21)2)19(25)12-23(22)31-14-17-6-4-5-7-20(17)26/h4-12,27H,3,13-14H2,1-2H3,(H,28,29). The third-order valence-corrected chi connectivity index (χ3v) is 5.81. The van der Waals surface area contributed by atoms with Crippen molar-refractivity contribution in [3.05, 3.63) is 86.3 Å². The van der Waals surface area contributed by atoms with E-state index in [1.54, 1.807) is 18.2 Å². The van der Waals surface area contributed by atoms with E-state index in [0.717, 1.165) is 26.9 Å². The maximum Gasteiger partial charge on any atom is 0.335 e. The predicted octanol–water partition coefficient (Wildman–Crippen LogP) is 6.70. The summed E-state index contributed by atoms with van der Waals surface area (Å²) in [4.78, 5) is 11.3. The molecule has 3 aromatic rings. The van der Waals surface area contributed by atoms with E-state index in [2.05, 4.69) is 21.2 Å². The molecule has 0 aliphatic heterocycles. The molecule has 0 saturated carbocycles. The maximum absolute atomic E-state index is 11.3. The van der Waals surface area contributed by atoms with Crippen molar-refractivity contribution >= 4 is 39.2 Å². The van der Waals surface area contributed by atoms with Crippen LogP contribution in [-0.2, 0) is 13.2 Å². The number of aromatic carboxylic acids is 1. The van der Waals surface area contributed by atoms with Gasteiger partial charge in [0.25, 0.3) is 0 Å². The van der Waals surface area contributed by atoms with Crippen LogP contribution in [0, 0.1) is 6.92 Å². The Morgan fingerprint density at radius 2 is 1.81 bits per heavy atom. The van der Waals surface area contributed by atoms with Crippen molar-refractivity contribution in [2.45, 2.75) is 27.0 Å². The summed E-state index contributed by atoms with van der Waals surface area (Å²) < 4.78 is 12.6. The first-order valence-electron chi connectivity index (χ1n) is 9.78. The molecule has 3 aromatic carbocycles. The fraction of sp³-hybridized carbons (Fsp3) is 0.208. The first-order valence-corrected chi connectivity index (χ1v) is 11.0. The second-order valence-corrected chi connectivity index (χ2v) is 8.15. The molecule has 0 aliphatic rings. The third kappa shape index (κ3) is 5.93. The average Bonchev–Trinajstić information content (AvgIpc) is 2.74. The first-order chi connectivity index (χ1) is 14.9. The van der Waals surface area contributed by atoms with Crippen molar-refractivity contribution in [1.29, 1.82) is 0 Å². The predicted molar refractivity (Wildman–Crippen MR) is 127 cm³/mol. The number of anilines is 1. The molecule has 5 nitrogen and oxygen atoms in total. The number of rotatable bonds is 9. The van der Waals surface area contributed by atoms with Gasteiger partial charge in [0.15, 0.2) is 11.5 Å². The number of benzene rings is 3. The Kier molecular flexibility index (Phi) is 7.82. The lowest BCUT2D eigenvalue weighted by molar-refractivity contribution is 0.0697. The fourth-order valence-corrected chi connectivity index (χ4v) is 3.65. The molecule has 0 bridgehead atoms. The largest absolute Gasteiger partial charge is 0.490 e. The molecule has 3 rings (SSSR count). The van der Waals surface area contributed by atoms with Crippen molar-refractivity contribution in [2.24, 2.45) is 0 Å². The van der Waals surface area contributed by atoms with E-state index in [1.807, 2.05) is 50.2 Å². The van der Waals surface area contributed by atoms with Gasteiger partial charge in [-0.3, -0.25) is 0 Å². The summed E-state index contributed by atoms with van der Waals surface area (Å²) in [6, 6.07) is 16.4. The van der Waals surface area contributed by atoms with Crippen LogP contribution in [0.5, 0.6) is 11.5 Å². The van der Waals surface area contributed by atoms with Crippen molar-refractivity contribution in [3.8, 4) is 11.5 Å². The number of halogens is 2. The van der Waals surface area contributed by atoms with Crippen molar-refractivity contribution < 1.29 is 19.4 Å². The Labute approximate surface area is 195 Å². The highest BCUT2D eigenvalue weighted by molar-refractivity contribution is 9.10. The van der Waals surface area contributed by atoms with Crippen LogP contribution in [0.3, 0.4) is 0 Å². The third-order valence-electron chi connectivity index (χ3n) is 4.71. The van der Waals surface area contributed by atoms with E-state index in [4.69, 9.17) is 21.1 Å². The summed E-state index contributed by atoms with van der Waals surface area (Å²) in [5.74, 6) is 0.287. The molecule has 0 fully saturated rings. The number of nitrogens with one attached hydrogen (secondary N) is 1. The summed E-state index contributed by atoms with van der Waals surface area (Å²) in [5.41, 5.74) is 3.82. The fourth-order valence-electron chi connectivity index (χ4n) is 3.00. The molecule has 2 N–H and O–H groups in total. The Balaban J connectivity index is 1.79. The molecule has 0 radical (unpaired) electrons. The highest BCUT2D eigenvalue weighted by Gasteiger charge is 2.13. The van der Waals surface area contributed by atoms with Gasteiger partial charge in [0.2, 0.25) is 0 Å². The van der Waals surface area contributed by atoms with Gasteiger partial charge in [-0.1, -0.05) is 51.8 Å². The molecular formula is C24H23BrClNO4. The number of carboxylic acids is 1. The molecule has 0 amide bonds. The molecule has 0 aliphatic carbocycles. The number of aryl methyl sites for hydroxylation is 1. The van der Waals surface area contributed by atoms with Gasteiger partial charge < -0.3 is 19.9 Å². The van der Waals surface area contributed by atoms with E-state index in [9.17, 15) is 9.90 Å². The lowest BCUT2D eigenvalue weighted by atomic mass is 10.1. The van der Waals surface area contributed by atoms with Crippen LogP contribution in [0.15, 0.2) is 59.1 Å². The second-order valence-electron chi connectivity index (χ2n) is 6.89. The molecule has 0 aromatic heterocycles. The molecule has 0 heterocycles. The van der Waals surface area contributed by atoms with Crippen molar-refractivity contribution in [3.63, 3.8) is 0 Å². The molecule has 0 saturated heterocycles. The van der Waals surface area contributed by atoms with Crippen LogP contribution in [0.2, 0.25) is 5.02 Å². The summed E-state index contributed by atoms with van der Waals surface area (Å²) in [7, 11) is 0. The average molecular weight is 505 g/mol. The Morgan fingerprint density at radius 1 is 1.06 bits per heavy atom. The van der Waals surface area contributed by atoms with Gasteiger partial charge in [0.1, 0.15) is 6.61 Å². The van der Waals surface area contributed by atoms with Gasteiger partial charge >= 0.3 is 5.97 Å². The highest BCUT2D eigenvalue weighted by atomic mass is 79.9. The van der Waals surface area contributed by atoms with E-state index >= 15 is 0 Å². The Hall–Kier alpha value is -2.70. The van der Waals surface area contributed by atoms with Crippen LogP contribution in [0.25, 0.3) is 0 Å². The number of carbonyl (C=O) groups is 1. The molecule has 7 heteroatoms. The number of hydrogen-bond acceptors (Lipinski definition) is 4. The molecule has 0 atom stereocenters. The Morgan fingerprint density at radius 3 is 2.52 bits per heavy atom. The van der Waals surface area contributed by atoms with Gasteiger partial charge in [0.05, 0.1) is 12.2 Å². The van der Waals surface area contributed by atoms with Crippen LogP contribution >= 0.6 is 27.5 Å². The summed E-state index contributed by atoms with van der Waals surface area (Å²) in [5, 5.41) is 13.2. The van der Waals surface area contributed by atoms with E-state index in [0.29, 0.717) is 36.3 Å². The van der Waals surface area contributed by atoms with Gasteiger partial charge in [0, 0.05) is 27.3 Å².